The average Bonchev–Trinajstić information content (AvgIpc) is 3.26. The standard InChI is InChI=1S/C16H14FN3O4S2/c17-10-3-5-11(6-4-10)20-15(21)14-12(18-16(20)22)7-8-19(14)26(23,24)13-2-1-9-25-13/h1-6,9,12,14H,7-8H2,(H,18,22). The van der Waals surface area contributed by atoms with Gasteiger partial charge in [0.2, 0.25) is 0 Å². The summed E-state index contributed by atoms with van der Waals surface area (Å²) in [6.07, 6.45) is 0.351. The van der Waals surface area contributed by atoms with Gasteiger partial charge in [-0.25, -0.2) is 22.5 Å². The first-order valence-corrected chi connectivity index (χ1v) is 10.2. The number of nitrogens with one attached hydrogen (secondary N) is 1. The third-order valence-electron chi connectivity index (χ3n) is 4.48. The number of fused-ring (bicyclic) bond motifs is 1. The number of imide groups is 1. The van der Waals surface area contributed by atoms with E-state index in [9.17, 15) is 22.4 Å². The van der Waals surface area contributed by atoms with E-state index >= 15 is 0 Å². The topological polar surface area (TPSA) is 86.8 Å². The Labute approximate surface area is 153 Å². The van der Waals surface area contributed by atoms with Crippen LogP contribution in [0.2, 0.25) is 0 Å². The number of anilines is 1. The first kappa shape index (κ1) is 17.1. The zero-order valence-electron chi connectivity index (χ0n) is 13.3. The minimum absolute atomic E-state index is 0.138. The van der Waals surface area contributed by atoms with Gasteiger partial charge in [-0.15, -0.1) is 11.3 Å². The van der Waals surface area contributed by atoms with E-state index in [2.05, 4.69) is 5.32 Å². The molecule has 0 aliphatic carbocycles. The highest BCUT2D eigenvalue weighted by Gasteiger charge is 2.52. The monoisotopic (exact) mass is 395 g/mol. The van der Waals surface area contributed by atoms with Crippen molar-refractivity contribution in [2.24, 2.45) is 0 Å². The lowest BCUT2D eigenvalue weighted by Crippen LogP contribution is -2.64. The van der Waals surface area contributed by atoms with Crippen molar-refractivity contribution in [1.82, 2.24) is 9.62 Å². The summed E-state index contributed by atoms with van der Waals surface area (Å²) in [5.74, 6) is -1.14. The minimum atomic E-state index is -3.84. The SMILES string of the molecule is O=C1NC2CCN(S(=O)(=O)c3cccs3)C2C(=O)N1c1ccc(F)cc1. The lowest BCUT2D eigenvalue weighted by atomic mass is 10.1. The van der Waals surface area contributed by atoms with Crippen LogP contribution in [0.15, 0.2) is 46.0 Å². The quantitative estimate of drug-likeness (QED) is 0.858. The molecule has 2 aliphatic rings. The highest BCUT2D eigenvalue weighted by molar-refractivity contribution is 7.91. The Morgan fingerprint density at radius 2 is 1.88 bits per heavy atom. The number of carbonyl (C=O) groups is 2. The zero-order valence-corrected chi connectivity index (χ0v) is 15.0. The van der Waals surface area contributed by atoms with Crippen molar-refractivity contribution in [3.63, 3.8) is 0 Å². The number of halogens is 1. The fraction of sp³-hybridized carbons (Fsp3) is 0.250. The van der Waals surface area contributed by atoms with Gasteiger partial charge in [-0.05, 0) is 42.1 Å². The van der Waals surface area contributed by atoms with Crippen LogP contribution in [0.4, 0.5) is 14.9 Å². The summed E-state index contributed by atoms with van der Waals surface area (Å²) < 4.78 is 40.2. The molecule has 4 rings (SSSR count). The third kappa shape index (κ3) is 2.61. The van der Waals surface area contributed by atoms with Crippen LogP contribution in [0, 0.1) is 5.82 Å². The van der Waals surface area contributed by atoms with Crippen LogP contribution in [0.25, 0.3) is 0 Å². The Bertz CT molecular complexity index is 960. The molecule has 0 saturated carbocycles. The van der Waals surface area contributed by atoms with Gasteiger partial charge in [0.25, 0.3) is 15.9 Å². The second-order valence-corrected chi connectivity index (χ2v) is 9.05. The molecule has 2 aliphatic heterocycles. The largest absolute Gasteiger partial charge is 0.332 e. The van der Waals surface area contributed by atoms with Crippen molar-refractivity contribution < 1.29 is 22.4 Å². The fourth-order valence-electron chi connectivity index (χ4n) is 3.30. The number of urea groups is 1. The van der Waals surface area contributed by atoms with Gasteiger partial charge in [-0.1, -0.05) is 6.07 Å². The minimum Gasteiger partial charge on any atom is -0.332 e. The van der Waals surface area contributed by atoms with E-state index in [4.69, 9.17) is 0 Å². The Morgan fingerprint density at radius 3 is 2.54 bits per heavy atom. The molecular weight excluding hydrogens is 381 g/mol. The molecule has 0 spiro atoms. The van der Waals surface area contributed by atoms with Gasteiger partial charge in [0.15, 0.2) is 0 Å². The summed E-state index contributed by atoms with van der Waals surface area (Å²) in [6.45, 7) is 0.138. The lowest BCUT2D eigenvalue weighted by molar-refractivity contribution is -0.122. The van der Waals surface area contributed by atoms with Crippen LogP contribution in [-0.4, -0.2) is 43.3 Å². The smallest absolute Gasteiger partial charge is 0.329 e. The summed E-state index contributed by atoms with van der Waals surface area (Å²) >= 11 is 1.07. The number of rotatable bonds is 3. The average molecular weight is 395 g/mol. The molecule has 7 nitrogen and oxygen atoms in total. The maximum atomic E-state index is 13.1. The van der Waals surface area contributed by atoms with Crippen molar-refractivity contribution in [3.8, 4) is 0 Å². The molecule has 1 aromatic carbocycles. The Hall–Kier alpha value is -2.30. The number of hydrogen-bond acceptors (Lipinski definition) is 5. The van der Waals surface area contributed by atoms with Gasteiger partial charge in [0.1, 0.15) is 16.1 Å². The third-order valence-corrected chi connectivity index (χ3v) is 7.73. The Balaban J connectivity index is 1.71. The summed E-state index contributed by atoms with van der Waals surface area (Å²) in [5.41, 5.74) is 0.188. The molecule has 2 unspecified atom stereocenters. The van der Waals surface area contributed by atoms with Gasteiger partial charge in [-0.2, -0.15) is 4.31 Å². The van der Waals surface area contributed by atoms with Crippen LogP contribution in [-0.2, 0) is 14.8 Å². The van der Waals surface area contributed by atoms with Crippen LogP contribution < -0.4 is 10.2 Å². The van der Waals surface area contributed by atoms with E-state index in [0.29, 0.717) is 6.42 Å². The van der Waals surface area contributed by atoms with Gasteiger partial charge in [-0.3, -0.25) is 4.79 Å². The molecule has 3 amide bonds. The molecular formula is C16H14FN3O4S2. The van der Waals surface area contributed by atoms with E-state index in [-0.39, 0.29) is 16.4 Å². The summed E-state index contributed by atoms with van der Waals surface area (Å²) in [6, 6.07) is 5.75. The summed E-state index contributed by atoms with van der Waals surface area (Å²) in [5, 5.41) is 4.34. The molecule has 136 valence electrons. The normalized spacial score (nSPS) is 23.8. The van der Waals surface area contributed by atoms with Gasteiger partial charge >= 0.3 is 6.03 Å². The molecule has 10 heteroatoms. The predicted molar refractivity (Wildman–Crippen MR) is 92.8 cm³/mol. The molecule has 0 radical (unpaired) electrons. The maximum Gasteiger partial charge on any atom is 0.329 e. The number of sulfonamides is 1. The van der Waals surface area contributed by atoms with Crippen molar-refractivity contribution in [2.45, 2.75) is 22.7 Å². The second kappa shape index (κ2) is 6.15. The van der Waals surface area contributed by atoms with Crippen molar-refractivity contribution in [1.29, 1.82) is 0 Å². The molecule has 1 aromatic heterocycles. The molecule has 0 bridgehead atoms. The molecule has 2 atom stereocenters. The zero-order chi connectivity index (χ0) is 18.5. The number of nitrogens with zero attached hydrogens (tertiary/aromatic N) is 2. The number of thiophene rings is 1. The molecule has 1 N–H and O–H groups in total. The molecule has 2 saturated heterocycles. The highest BCUT2D eigenvalue weighted by atomic mass is 32.2. The van der Waals surface area contributed by atoms with E-state index in [1.54, 1.807) is 11.4 Å². The van der Waals surface area contributed by atoms with Crippen LogP contribution in [0.5, 0.6) is 0 Å². The van der Waals surface area contributed by atoms with E-state index in [1.165, 1.54) is 18.2 Å². The van der Waals surface area contributed by atoms with E-state index in [1.807, 2.05) is 0 Å². The highest BCUT2D eigenvalue weighted by Crippen LogP contribution is 2.33. The van der Waals surface area contributed by atoms with Crippen molar-refractivity contribution in [2.75, 3.05) is 11.4 Å². The van der Waals surface area contributed by atoms with Crippen LogP contribution in [0.1, 0.15) is 6.42 Å². The van der Waals surface area contributed by atoms with Gasteiger partial charge in [0, 0.05) is 6.54 Å². The Kier molecular flexibility index (Phi) is 4.05. The first-order valence-electron chi connectivity index (χ1n) is 7.85. The summed E-state index contributed by atoms with van der Waals surface area (Å²) in [4.78, 5) is 26.2. The lowest BCUT2D eigenvalue weighted by Gasteiger charge is -2.36. The number of benzene rings is 1. The van der Waals surface area contributed by atoms with Crippen LogP contribution >= 0.6 is 11.3 Å². The number of carbonyl (C=O) groups excluding carboxylic acids is 2. The number of hydrogen-bond donors (Lipinski definition) is 1. The number of amides is 3. The van der Waals surface area contributed by atoms with Gasteiger partial charge < -0.3 is 5.32 Å². The van der Waals surface area contributed by atoms with E-state index < -0.39 is 39.9 Å². The second-order valence-electron chi connectivity index (χ2n) is 5.99. The molecule has 2 aromatic rings. The fourth-order valence-corrected chi connectivity index (χ4v) is 6.05. The maximum absolute atomic E-state index is 13.1. The predicted octanol–water partition coefficient (Wildman–Crippen LogP) is 1.78. The van der Waals surface area contributed by atoms with Gasteiger partial charge in [0.05, 0.1) is 11.7 Å². The van der Waals surface area contributed by atoms with Crippen molar-refractivity contribution >= 4 is 39.0 Å². The first-order chi connectivity index (χ1) is 12.4. The Morgan fingerprint density at radius 1 is 1.15 bits per heavy atom. The van der Waals surface area contributed by atoms with E-state index in [0.717, 1.165) is 32.7 Å². The molecule has 3 heterocycles. The molecule has 2 fully saturated rings. The molecule has 26 heavy (non-hydrogen) atoms. The van der Waals surface area contributed by atoms with Crippen LogP contribution in [0.3, 0.4) is 0 Å². The van der Waals surface area contributed by atoms with Crippen molar-refractivity contribution in [3.05, 3.63) is 47.6 Å². The summed E-state index contributed by atoms with van der Waals surface area (Å²) in [7, 11) is -3.84.